The molecule has 2 aromatic rings. The molecule has 1 N–H and O–H groups in total. The molecule has 1 fully saturated rings. The Morgan fingerprint density at radius 2 is 1.95 bits per heavy atom. The molecule has 1 aromatic heterocycles. The molecule has 19 heavy (non-hydrogen) atoms. The number of nitrogens with one attached hydrogen (secondary N) is 1. The summed E-state index contributed by atoms with van der Waals surface area (Å²) in [6, 6.07) is 10.4. The minimum atomic E-state index is 0.564. The maximum Gasteiger partial charge on any atom is 0.199 e. The molecular weight excluding hydrogens is 236 g/mol. The van der Waals surface area contributed by atoms with Crippen molar-refractivity contribution in [2.75, 3.05) is 13.1 Å². The molecule has 1 aliphatic rings. The van der Waals surface area contributed by atoms with Gasteiger partial charge in [0.1, 0.15) is 5.76 Å². The van der Waals surface area contributed by atoms with Gasteiger partial charge in [-0.1, -0.05) is 30.3 Å². The summed E-state index contributed by atoms with van der Waals surface area (Å²) < 4.78 is 5.84. The molecule has 3 nitrogen and oxygen atoms in total. The summed E-state index contributed by atoms with van der Waals surface area (Å²) >= 11 is 0. The lowest BCUT2D eigenvalue weighted by atomic mass is 9.94. The maximum absolute atomic E-state index is 5.84. The summed E-state index contributed by atoms with van der Waals surface area (Å²) in [5.41, 5.74) is 2.42. The predicted octanol–water partition coefficient (Wildman–Crippen LogP) is 3.04. The van der Waals surface area contributed by atoms with Crippen molar-refractivity contribution in [3.8, 4) is 0 Å². The minimum Gasteiger partial charge on any atom is -0.445 e. The summed E-state index contributed by atoms with van der Waals surface area (Å²) in [4.78, 5) is 4.73. The number of nitrogens with zero attached hydrogens (tertiary/aromatic N) is 1. The van der Waals surface area contributed by atoms with Crippen LogP contribution in [0.2, 0.25) is 0 Å². The summed E-state index contributed by atoms with van der Waals surface area (Å²) in [6.07, 6.45) is 3.11. The monoisotopic (exact) mass is 256 g/mol. The standard InChI is InChI=1S/C16H20N2O/c1-12-16(14-7-9-17-10-8-14)18-15(19-12)11-13-5-3-2-4-6-13/h2-6,14,17H,7-11H2,1H3. The highest BCUT2D eigenvalue weighted by Gasteiger charge is 2.21. The van der Waals surface area contributed by atoms with Crippen molar-refractivity contribution in [2.24, 2.45) is 0 Å². The predicted molar refractivity (Wildman–Crippen MR) is 75.3 cm³/mol. The van der Waals surface area contributed by atoms with E-state index in [9.17, 15) is 0 Å². The van der Waals surface area contributed by atoms with Gasteiger partial charge in [0.25, 0.3) is 0 Å². The van der Waals surface area contributed by atoms with Crippen molar-refractivity contribution in [2.45, 2.75) is 32.1 Å². The van der Waals surface area contributed by atoms with E-state index in [0.717, 1.165) is 44.0 Å². The van der Waals surface area contributed by atoms with E-state index in [1.165, 1.54) is 11.3 Å². The second-order valence-corrected chi connectivity index (χ2v) is 5.24. The van der Waals surface area contributed by atoms with Gasteiger partial charge in [0.15, 0.2) is 5.89 Å². The molecule has 1 saturated heterocycles. The summed E-state index contributed by atoms with van der Waals surface area (Å²) in [5.74, 6) is 2.41. The zero-order valence-electron chi connectivity index (χ0n) is 11.4. The van der Waals surface area contributed by atoms with Gasteiger partial charge in [0.2, 0.25) is 0 Å². The summed E-state index contributed by atoms with van der Waals surface area (Å²) in [5, 5.41) is 3.39. The Labute approximate surface area is 114 Å². The number of hydrogen-bond donors (Lipinski definition) is 1. The van der Waals surface area contributed by atoms with Crippen LogP contribution in [0.25, 0.3) is 0 Å². The molecule has 0 unspecified atom stereocenters. The number of piperidine rings is 1. The molecule has 3 rings (SSSR count). The Morgan fingerprint density at radius 3 is 2.68 bits per heavy atom. The third-order valence-electron chi connectivity index (χ3n) is 3.80. The lowest BCUT2D eigenvalue weighted by Crippen LogP contribution is -2.27. The molecule has 0 amide bonds. The Balaban J connectivity index is 1.77. The van der Waals surface area contributed by atoms with Gasteiger partial charge in [-0.25, -0.2) is 4.98 Å². The van der Waals surface area contributed by atoms with Crippen LogP contribution in [-0.2, 0) is 6.42 Å². The Bertz CT molecular complexity index is 527. The lowest BCUT2D eigenvalue weighted by molar-refractivity contribution is 0.444. The summed E-state index contributed by atoms with van der Waals surface area (Å²) in [6.45, 7) is 4.22. The lowest BCUT2D eigenvalue weighted by Gasteiger charge is -2.20. The minimum absolute atomic E-state index is 0.564. The zero-order valence-corrected chi connectivity index (χ0v) is 11.4. The highest BCUT2D eigenvalue weighted by Crippen LogP contribution is 2.28. The Morgan fingerprint density at radius 1 is 1.21 bits per heavy atom. The molecule has 3 heteroatoms. The van der Waals surface area contributed by atoms with E-state index in [1.807, 2.05) is 13.0 Å². The van der Waals surface area contributed by atoms with Crippen molar-refractivity contribution in [3.63, 3.8) is 0 Å². The van der Waals surface area contributed by atoms with Crippen LogP contribution in [0.4, 0.5) is 0 Å². The van der Waals surface area contributed by atoms with E-state index in [0.29, 0.717) is 5.92 Å². The van der Waals surface area contributed by atoms with Crippen LogP contribution in [0.3, 0.4) is 0 Å². The normalized spacial score (nSPS) is 16.7. The van der Waals surface area contributed by atoms with Crippen LogP contribution in [0.15, 0.2) is 34.7 Å². The van der Waals surface area contributed by atoms with Gasteiger partial charge < -0.3 is 9.73 Å². The fourth-order valence-electron chi connectivity index (χ4n) is 2.79. The van der Waals surface area contributed by atoms with Gasteiger partial charge in [0, 0.05) is 12.3 Å². The maximum atomic E-state index is 5.84. The van der Waals surface area contributed by atoms with E-state index in [-0.39, 0.29) is 0 Å². The summed E-state index contributed by atoms with van der Waals surface area (Å²) in [7, 11) is 0. The number of rotatable bonds is 3. The fourth-order valence-corrected chi connectivity index (χ4v) is 2.79. The molecule has 2 heterocycles. The number of aromatic nitrogens is 1. The molecule has 1 aromatic carbocycles. The highest BCUT2D eigenvalue weighted by atomic mass is 16.4. The van der Waals surface area contributed by atoms with Crippen molar-refractivity contribution in [1.29, 1.82) is 0 Å². The third-order valence-corrected chi connectivity index (χ3v) is 3.80. The first-order valence-corrected chi connectivity index (χ1v) is 7.04. The fraction of sp³-hybridized carbons (Fsp3) is 0.438. The van der Waals surface area contributed by atoms with Crippen LogP contribution in [0, 0.1) is 6.92 Å². The van der Waals surface area contributed by atoms with Gasteiger partial charge in [-0.3, -0.25) is 0 Å². The topological polar surface area (TPSA) is 38.1 Å². The first-order valence-electron chi connectivity index (χ1n) is 7.04. The number of aryl methyl sites for hydroxylation is 1. The molecule has 0 bridgehead atoms. The van der Waals surface area contributed by atoms with Gasteiger partial charge in [-0.2, -0.15) is 0 Å². The smallest absolute Gasteiger partial charge is 0.199 e. The molecule has 0 saturated carbocycles. The molecule has 0 aliphatic carbocycles. The van der Waals surface area contributed by atoms with E-state index < -0.39 is 0 Å². The average Bonchev–Trinajstić information content (AvgIpc) is 2.82. The second kappa shape index (κ2) is 5.57. The molecule has 100 valence electrons. The molecule has 0 radical (unpaired) electrons. The van der Waals surface area contributed by atoms with Gasteiger partial charge in [-0.15, -0.1) is 0 Å². The molecule has 0 spiro atoms. The van der Waals surface area contributed by atoms with Crippen LogP contribution >= 0.6 is 0 Å². The Kier molecular flexibility index (Phi) is 3.65. The molecule has 1 aliphatic heterocycles. The molecular formula is C16H20N2O. The zero-order chi connectivity index (χ0) is 13.1. The largest absolute Gasteiger partial charge is 0.445 e. The SMILES string of the molecule is Cc1oc(Cc2ccccc2)nc1C1CCNCC1. The van der Waals surface area contributed by atoms with E-state index in [1.54, 1.807) is 0 Å². The highest BCUT2D eigenvalue weighted by molar-refractivity contribution is 5.21. The first kappa shape index (κ1) is 12.4. The number of hydrogen-bond acceptors (Lipinski definition) is 3. The van der Waals surface area contributed by atoms with Crippen molar-refractivity contribution in [1.82, 2.24) is 10.3 Å². The van der Waals surface area contributed by atoms with Gasteiger partial charge >= 0.3 is 0 Å². The van der Waals surface area contributed by atoms with E-state index in [4.69, 9.17) is 9.40 Å². The average molecular weight is 256 g/mol. The quantitative estimate of drug-likeness (QED) is 0.917. The second-order valence-electron chi connectivity index (χ2n) is 5.24. The third kappa shape index (κ3) is 2.87. The van der Waals surface area contributed by atoms with Crippen LogP contribution in [-0.4, -0.2) is 18.1 Å². The van der Waals surface area contributed by atoms with E-state index >= 15 is 0 Å². The van der Waals surface area contributed by atoms with Crippen LogP contribution in [0.1, 0.15) is 41.7 Å². The number of oxazole rings is 1. The van der Waals surface area contributed by atoms with Crippen molar-refractivity contribution >= 4 is 0 Å². The molecule has 0 atom stereocenters. The Hall–Kier alpha value is -1.61. The van der Waals surface area contributed by atoms with Gasteiger partial charge in [0.05, 0.1) is 5.69 Å². The van der Waals surface area contributed by atoms with Crippen molar-refractivity contribution in [3.05, 3.63) is 53.2 Å². The first-order chi connectivity index (χ1) is 9.33. The van der Waals surface area contributed by atoms with Crippen LogP contribution in [0.5, 0.6) is 0 Å². The van der Waals surface area contributed by atoms with Gasteiger partial charge in [-0.05, 0) is 38.4 Å². The van der Waals surface area contributed by atoms with Crippen molar-refractivity contribution < 1.29 is 4.42 Å². The van der Waals surface area contributed by atoms with E-state index in [2.05, 4.69) is 29.6 Å². The number of benzene rings is 1. The van der Waals surface area contributed by atoms with Crippen LogP contribution < -0.4 is 5.32 Å².